The Hall–Kier alpha value is -1.85. The van der Waals surface area contributed by atoms with Crippen molar-refractivity contribution in [2.75, 3.05) is 13.2 Å². The third kappa shape index (κ3) is 4.86. The molecule has 1 aromatic carbocycles. The highest BCUT2D eigenvalue weighted by molar-refractivity contribution is 5.65. The van der Waals surface area contributed by atoms with E-state index in [1.807, 2.05) is 37.3 Å². The Bertz CT molecular complexity index is 490. The van der Waals surface area contributed by atoms with E-state index in [0.717, 1.165) is 13.0 Å². The third-order valence-electron chi connectivity index (χ3n) is 3.86. The van der Waals surface area contributed by atoms with E-state index >= 15 is 0 Å². The molecule has 2 unspecified atom stereocenters. The first kappa shape index (κ1) is 16.5. The first-order chi connectivity index (χ1) is 10.7. The number of hydrogen-bond acceptors (Lipinski definition) is 3. The number of likely N-dealkylation sites (tertiary alicyclic amines) is 1. The fraction of sp³-hybridized carbons (Fsp3) is 0.471. The van der Waals surface area contributed by atoms with Crippen LogP contribution in [0.25, 0.3) is 0 Å². The van der Waals surface area contributed by atoms with Gasteiger partial charge in [-0.15, -0.1) is 0 Å². The van der Waals surface area contributed by atoms with Crippen molar-refractivity contribution in [2.45, 2.75) is 38.6 Å². The number of hydrogen-bond donors (Lipinski definition) is 2. The lowest BCUT2D eigenvalue weighted by atomic mass is 10.0. The molecule has 1 fully saturated rings. The molecule has 1 saturated heterocycles. The second-order valence-corrected chi connectivity index (χ2v) is 5.42. The Balaban J connectivity index is 1.87. The Morgan fingerprint density at radius 2 is 2.23 bits per heavy atom. The number of nitrogens with one attached hydrogen (secondary N) is 1. The molecule has 5 nitrogen and oxygen atoms in total. The van der Waals surface area contributed by atoms with Gasteiger partial charge >= 0.3 is 6.09 Å². The summed E-state index contributed by atoms with van der Waals surface area (Å²) in [7, 11) is 0. The highest BCUT2D eigenvalue weighted by Crippen LogP contribution is 2.19. The van der Waals surface area contributed by atoms with Gasteiger partial charge in [-0.1, -0.05) is 42.5 Å². The quantitative estimate of drug-likeness (QED) is 0.793. The second-order valence-electron chi connectivity index (χ2n) is 5.42. The molecule has 2 atom stereocenters. The summed E-state index contributed by atoms with van der Waals surface area (Å²) in [6.07, 6.45) is 3.99. The summed E-state index contributed by atoms with van der Waals surface area (Å²) in [5, 5.41) is 12.8. The summed E-state index contributed by atoms with van der Waals surface area (Å²) in [6, 6.07) is 10.5. The Labute approximate surface area is 131 Å². The number of carboxylic acid groups (broad SMARTS) is 1. The summed E-state index contributed by atoms with van der Waals surface area (Å²) >= 11 is 0. The fourth-order valence-electron chi connectivity index (χ4n) is 2.61. The fourth-order valence-corrected chi connectivity index (χ4v) is 2.61. The van der Waals surface area contributed by atoms with Crippen molar-refractivity contribution in [1.82, 2.24) is 10.2 Å². The molecule has 1 amide bonds. The topological polar surface area (TPSA) is 61.8 Å². The van der Waals surface area contributed by atoms with Crippen LogP contribution in [0.2, 0.25) is 0 Å². The summed E-state index contributed by atoms with van der Waals surface area (Å²) in [4.78, 5) is 12.7. The van der Waals surface area contributed by atoms with Crippen LogP contribution in [-0.2, 0) is 11.3 Å². The van der Waals surface area contributed by atoms with Gasteiger partial charge in [0.1, 0.15) is 6.23 Å². The van der Waals surface area contributed by atoms with Crippen LogP contribution in [0.4, 0.5) is 4.79 Å². The Kier molecular flexibility index (Phi) is 6.43. The van der Waals surface area contributed by atoms with Crippen molar-refractivity contribution in [3.8, 4) is 0 Å². The van der Waals surface area contributed by atoms with Gasteiger partial charge in [-0.3, -0.25) is 4.90 Å². The molecule has 1 aliphatic rings. The van der Waals surface area contributed by atoms with Crippen LogP contribution < -0.4 is 5.32 Å². The van der Waals surface area contributed by atoms with E-state index in [4.69, 9.17) is 4.74 Å². The zero-order valence-electron chi connectivity index (χ0n) is 12.9. The predicted octanol–water partition coefficient (Wildman–Crippen LogP) is 2.84. The molecular weight excluding hydrogens is 280 g/mol. The van der Waals surface area contributed by atoms with Crippen LogP contribution in [0.3, 0.4) is 0 Å². The van der Waals surface area contributed by atoms with E-state index in [-0.39, 0.29) is 12.3 Å². The maximum atomic E-state index is 11.3. The first-order valence-electron chi connectivity index (χ1n) is 7.70. The molecule has 0 saturated carbocycles. The van der Waals surface area contributed by atoms with Gasteiger partial charge in [0.15, 0.2) is 0 Å². The van der Waals surface area contributed by atoms with Crippen LogP contribution >= 0.6 is 0 Å². The average Bonchev–Trinajstić information content (AvgIpc) is 2.54. The standard InChI is InChI=1S/C17H24N2O3/c1-2-3-11-22-16-12-15(9-10-19(16)17(20)21)18-13-14-7-5-4-6-8-14/h2-8,15-16,18H,9-13H2,1H3,(H,20,21). The Morgan fingerprint density at radius 1 is 1.45 bits per heavy atom. The highest BCUT2D eigenvalue weighted by atomic mass is 16.5. The molecule has 1 aliphatic heterocycles. The molecule has 2 N–H and O–H groups in total. The molecule has 0 spiro atoms. The van der Waals surface area contributed by atoms with Crippen molar-refractivity contribution >= 4 is 6.09 Å². The summed E-state index contributed by atoms with van der Waals surface area (Å²) in [6.45, 7) is 3.65. The largest absolute Gasteiger partial charge is 0.465 e. The lowest BCUT2D eigenvalue weighted by Crippen LogP contribution is -2.51. The highest BCUT2D eigenvalue weighted by Gasteiger charge is 2.31. The first-order valence-corrected chi connectivity index (χ1v) is 7.70. The van der Waals surface area contributed by atoms with Gasteiger partial charge in [0.05, 0.1) is 6.61 Å². The molecule has 1 aromatic rings. The number of nitrogens with zero attached hydrogens (tertiary/aromatic N) is 1. The molecule has 22 heavy (non-hydrogen) atoms. The van der Waals surface area contributed by atoms with Crippen molar-refractivity contribution < 1.29 is 14.6 Å². The second kappa shape index (κ2) is 8.56. The third-order valence-corrected chi connectivity index (χ3v) is 3.86. The number of allylic oxidation sites excluding steroid dienone is 1. The molecule has 1 heterocycles. The predicted molar refractivity (Wildman–Crippen MR) is 85.6 cm³/mol. The minimum Gasteiger partial charge on any atom is -0.465 e. The lowest BCUT2D eigenvalue weighted by molar-refractivity contribution is -0.0636. The average molecular weight is 304 g/mol. The van der Waals surface area contributed by atoms with E-state index in [1.54, 1.807) is 0 Å². The van der Waals surface area contributed by atoms with E-state index in [0.29, 0.717) is 19.6 Å². The van der Waals surface area contributed by atoms with Crippen LogP contribution in [-0.4, -0.2) is 41.5 Å². The lowest BCUT2D eigenvalue weighted by Gasteiger charge is -2.37. The molecule has 0 radical (unpaired) electrons. The number of carbonyl (C=O) groups is 1. The van der Waals surface area contributed by atoms with Crippen LogP contribution in [0, 0.1) is 0 Å². The number of benzene rings is 1. The van der Waals surface area contributed by atoms with Crippen LogP contribution in [0.1, 0.15) is 25.3 Å². The van der Waals surface area contributed by atoms with E-state index < -0.39 is 6.09 Å². The van der Waals surface area contributed by atoms with Crippen LogP contribution in [0.15, 0.2) is 42.5 Å². The number of piperidine rings is 1. The minimum atomic E-state index is -0.910. The van der Waals surface area contributed by atoms with E-state index in [9.17, 15) is 9.90 Å². The minimum absolute atomic E-state index is 0.270. The van der Waals surface area contributed by atoms with Gasteiger partial charge in [0.2, 0.25) is 0 Å². The van der Waals surface area contributed by atoms with Gasteiger partial charge in [-0.2, -0.15) is 0 Å². The molecule has 120 valence electrons. The summed E-state index contributed by atoms with van der Waals surface area (Å²) in [5.41, 5.74) is 1.23. The maximum Gasteiger partial charge on any atom is 0.409 e. The van der Waals surface area contributed by atoms with Crippen molar-refractivity contribution in [2.24, 2.45) is 0 Å². The van der Waals surface area contributed by atoms with E-state index in [1.165, 1.54) is 10.5 Å². The Morgan fingerprint density at radius 3 is 2.91 bits per heavy atom. The molecule has 0 aliphatic carbocycles. The van der Waals surface area contributed by atoms with Crippen molar-refractivity contribution in [3.05, 3.63) is 48.0 Å². The van der Waals surface area contributed by atoms with Gasteiger partial charge in [0, 0.05) is 25.6 Å². The van der Waals surface area contributed by atoms with Gasteiger partial charge in [0.25, 0.3) is 0 Å². The monoisotopic (exact) mass is 304 g/mol. The number of rotatable bonds is 6. The number of ether oxygens (including phenoxy) is 1. The zero-order chi connectivity index (χ0) is 15.8. The molecule has 0 aromatic heterocycles. The maximum absolute atomic E-state index is 11.3. The normalized spacial score (nSPS) is 22.1. The van der Waals surface area contributed by atoms with Gasteiger partial charge < -0.3 is 15.2 Å². The van der Waals surface area contributed by atoms with Crippen molar-refractivity contribution in [1.29, 1.82) is 0 Å². The zero-order valence-corrected chi connectivity index (χ0v) is 12.9. The van der Waals surface area contributed by atoms with Crippen LogP contribution in [0.5, 0.6) is 0 Å². The molecular formula is C17H24N2O3. The summed E-state index contributed by atoms with van der Waals surface area (Å²) < 4.78 is 5.70. The SMILES string of the molecule is CC=CCOC1CC(NCc2ccccc2)CCN1C(=O)O. The molecule has 2 rings (SSSR count). The van der Waals surface area contributed by atoms with Crippen molar-refractivity contribution in [3.63, 3.8) is 0 Å². The molecule has 0 bridgehead atoms. The van der Waals surface area contributed by atoms with Gasteiger partial charge in [-0.05, 0) is 18.9 Å². The smallest absolute Gasteiger partial charge is 0.409 e. The molecule has 5 heteroatoms. The summed E-state index contributed by atoms with van der Waals surface area (Å²) in [5.74, 6) is 0. The number of amides is 1. The van der Waals surface area contributed by atoms with E-state index in [2.05, 4.69) is 17.4 Å². The van der Waals surface area contributed by atoms with Gasteiger partial charge in [-0.25, -0.2) is 4.79 Å².